The fourth-order valence-electron chi connectivity index (χ4n) is 1.58. The van der Waals surface area contributed by atoms with Gasteiger partial charge in [-0.1, -0.05) is 6.92 Å². The van der Waals surface area contributed by atoms with Crippen LogP contribution >= 0.6 is 11.8 Å². The number of anilines is 1. The molecule has 0 aliphatic heterocycles. The molecule has 0 fully saturated rings. The Balaban J connectivity index is 2.29. The molecular weight excluding hydrogens is 260 g/mol. The number of nitrogens with zero attached hydrogens (tertiary/aromatic N) is 5. The molecule has 0 spiro atoms. The van der Waals surface area contributed by atoms with Crippen molar-refractivity contribution in [2.75, 3.05) is 11.9 Å². The summed E-state index contributed by atoms with van der Waals surface area (Å²) in [6.45, 7) is 6.96. The van der Waals surface area contributed by atoms with E-state index in [1.54, 1.807) is 11.0 Å². The minimum atomic E-state index is 0.758. The van der Waals surface area contributed by atoms with Crippen molar-refractivity contribution in [1.29, 1.82) is 0 Å². The number of nitrogens with one attached hydrogen (secondary N) is 1. The Kier molecular flexibility index (Phi) is 4.36. The normalized spacial score (nSPS) is 10.7. The van der Waals surface area contributed by atoms with Crippen molar-refractivity contribution in [3.05, 3.63) is 17.7 Å². The molecule has 0 aliphatic rings. The first-order valence-electron chi connectivity index (χ1n) is 6.22. The Bertz CT molecular complexity index is 565. The van der Waals surface area contributed by atoms with E-state index in [1.807, 2.05) is 20.9 Å². The maximum absolute atomic E-state index is 4.49. The van der Waals surface area contributed by atoms with E-state index in [9.17, 15) is 0 Å². The van der Waals surface area contributed by atoms with Gasteiger partial charge < -0.3 is 5.32 Å². The highest BCUT2D eigenvalue weighted by atomic mass is 32.2. The molecule has 0 unspecified atom stereocenters. The molecule has 0 amide bonds. The summed E-state index contributed by atoms with van der Waals surface area (Å²) in [7, 11) is 1.87. The topological polar surface area (TPSA) is 68.5 Å². The highest BCUT2D eigenvalue weighted by Crippen LogP contribution is 2.29. The van der Waals surface area contributed by atoms with Crippen molar-refractivity contribution in [2.45, 2.75) is 37.4 Å². The maximum atomic E-state index is 4.49. The van der Waals surface area contributed by atoms with E-state index >= 15 is 0 Å². The Labute approximate surface area is 117 Å². The molecule has 0 aromatic carbocycles. The van der Waals surface area contributed by atoms with Gasteiger partial charge in [-0.2, -0.15) is 5.10 Å². The van der Waals surface area contributed by atoms with Crippen LogP contribution in [0.1, 0.15) is 24.7 Å². The summed E-state index contributed by atoms with van der Waals surface area (Å²) in [6, 6.07) is 0. The number of aryl methyl sites for hydroxylation is 2. The Morgan fingerprint density at radius 1 is 1.32 bits per heavy atom. The molecule has 7 heteroatoms. The van der Waals surface area contributed by atoms with E-state index in [2.05, 4.69) is 32.3 Å². The van der Waals surface area contributed by atoms with E-state index in [4.69, 9.17) is 0 Å². The summed E-state index contributed by atoms with van der Waals surface area (Å²) >= 11 is 1.51. The number of hydrogen-bond acceptors (Lipinski definition) is 6. The zero-order chi connectivity index (χ0) is 13.8. The molecule has 0 saturated heterocycles. The predicted octanol–water partition coefficient (Wildman–Crippen LogP) is 2.20. The average molecular weight is 278 g/mol. The third-order valence-corrected chi connectivity index (χ3v) is 3.76. The lowest BCUT2D eigenvalue weighted by Crippen LogP contribution is -2.07. The molecule has 0 radical (unpaired) electrons. The van der Waals surface area contributed by atoms with Gasteiger partial charge in [0.2, 0.25) is 0 Å². The summed E-state index contributed by atoms with van der Waals surface area (Å²) in [4.78, 5) is 13.1. The minimum Gasteiger partial charge on any atom is -0.370 e. The lowest BCUT2D eigenvalue weighted by atomic mass is 10.3. The molecule has 102 valence electrons. The van der Waals surface area contributed by atoms with Gasteiger partial charge in [0.15, 0.2) is 5.16 Å². The van der Waals surface area contributed by atoms with Crippen molar-refractivity contribution in [3.8, 4) is 0 Å². The van der Waals surface area contributed by atoms with Crippen molar-refractivity contribution in [1.82, 2.24) is 24.7 Å². The molecule has 0 atom stereocenters. The molecule has 0 bridgehead atoms. The third-order valence-electron chi connectivity index (χ3n) is 2.61. The van der Waals surface area contributed by atoms with Gasteiger partial charge in [0.05, 0.1) is 0 Å². The van der Waals surface area contributed by atoms with Crippen molar-refractivity contribution in [2.24, 2.45) is 7.05 Å². The Morgan fingerprint density at radius 3 is 2.74 bits per heavy atom. The molecule has 6 nitrogen and oxygen atoms in total. The summed E-state index contributed by atoms with van der Waals surface area (Å²) in [5.41, 5.74) is 1.05. The fraction of sp³-hybridized carbons (Fsp3) is 0.500. The van der Waals surface area contributed by atoms with Gasteiger partial charge in [-0.3, -0.25) is 0 Å². The van der Waals surface area contributed by atoms with E-state index < -0.39 is 0 Å². The zero-order valence-corrected chi connectivity index (χ0v) is 12.5. The number of aromatic nitrogens is 5. The quantitative estimate of drug-likeness (QED) is 0.846. The van der Waals surface area contributed by atoms with Crippen LogP contribution in [0.15, 0.2) is 16.5 Å². The monoisotopic (exact) mass is 278 g/mol. The molecule has 2 heterocycles. The summed E-state index contributed by atoms with van der Waals surface area (Å²) in [6.07, 6.45) is 2.61. The minimum absolute atomic E-state index is 0.758. The second kappa shape index (κ2) is 6.01. The first-order valence-corrected chi connectivity index (χ1v) is 7.04. The second-order valence-corrected chi connectivity index (χ2v) is 5.20. The van der Waals surface area contributed by atoms with Crippen molar-refractivity contribution < 1.29 is 0 Å². The van der Waals surface area contributed by atoms with Gasteiger partial charge in [-0.25, -0.2) is 19.6 Å². The molecule has 1 N–H and O–H groups in total. The Hall–Kier alpha value is -1.63. The molecule has 0 aliphatic carbocycles. The van der Waals surface area contributed by atoms with E-state index in [0.717, 1.165) is 40.4 Å². The number of rotatable bonds is 5. The summed E-state index contributed by atoms with van der Waals surface area (Å²) in [5, 5.41) is 9.13. The van der Waals surface area contributed by atoms with E-state index in [-0.39, 0.29) is 0 Å². The van der Waals surface area contributed by atoms with Crippen LogP contribution in [-0.4, -0.2) is 31.3 Å². The van der Waals surface area contributed by atoms with Crippen molar-refractivity contribution in [3.63, 3.8) is 0 Å². The largest absolute Gasteiger partial charge is 0.370 e. The molecule has 19 heavy (non-hydrogen) atoms. The van der Waals surface area contributed by atoms with Crippen LogP contribution in [0.3, 0.4) is 0 Å². The Morgan fingerprint density at radius 2 is 2.11 bits per heavy atom. The zero-order valence-electron chi connectivity index (χ0n) is 11.6. The van der Waals surface area contributed by atoms with Crippen LogP contribution in [0.5, 0.6) is 0 Å². The first-order chi connectivity index (χ1) is 9.11. The van der Waals surface area contributed by atoms with Gasteiger partial charge >= 0.3 is 0 Å². The van der Waals surface area contributed by atoms with Gasteiger partial charge in [-0.15, -0.1) is 0 Å². The van der Waals surface area contributed by atoms with Gasteiger partial charge in [-0.05, 0) is 32.0 Å². The number of hydrogen-bond donors (Lipinski definition) is 1. The van der Waals surface area contributed by atoms with Gasteiger partial charge in [0, 0.05) is 19.2 Å². The van der Waals surface area contributed by atoms with Crippen LogP contribution in [0, 0.1) is 13.8 Å². The van der Waals surface area contributed by atoms with Crippen LogP contribution in [0.4, 0.5) is 5.82 Å². The highest BCUT2D eigenvalue weighted by Gasteiger charge is 2.12. The second-order valence-electron chi connectivity index (χ2n) is 4.24. The third kappa shape index (κ3) is 3.23. The molecular formula is C12H18N6S. The van der Waals surface area contributed by atoms with E-state index in [1.165, 1.54) is 11.8 Å². The smallest absolute Gasteiger partial charge is 0.192 e. The maximum Gasteiger partial charge on any atom is 0.192 e. The molecule has 2 aromatic heterocycles. The van der Waals surface area contributed by atoms with Crippen LogP contribution in [-0.2, 0) is 7.05 Å². The van der Waals surface area contributed by atoms with E-state index in [0.29, 0.717) is 0 Å². The molecule has 2 rings (SSSR count). The first kappa shape index (κ1) is 13.8. The van der Waals surface area contributed by atoms with Crippen LogP contribution in [0.2, 0.25) is 0 Å². The van der Waals surface area contributed by atoms with Gasteiger partial charge in [0.25, 0.3) is 0 Å². The predicted molar refractivity (Wildman–Crippen MR) is 75.4 cm³/mol. The lowest BCUT2D eigenvalue weighted by molar-refractivity contribution is 0.684. The van der Waals surface area contributed by atoms with Crippen molar-refractivity contribution >= 4 is 17.6 Å². The summed E-state index contributed by atoms with van der Waals surface area (Å²) in [5.74, 6) is 1.66. The SMILES string of the molecule is CCCNc1nc(C)nc(Sc2ncnn2C)c1C. The highest BCUT2D eigenvalue weighted by molar-refractivity contribution is 7.99. The van der Waals surface area contributed by atoms with Crippen LogP contribution < -0.4 is 5.32 Å². The summed E-state index contributed by atoms with van der Waals surface area (Å²) < 4.78 is 1.74. The molecule has 2 aromatic rings. The van der Waals surface area contributed by atoms with Gasteiger partial charge in [0.1, 0.15) is 23.0 Å². The lowest BCUT2D eigenvalue weighted by Gasteiger charge is -2.11. The fourth-order valence-corrected chi connectivity index (χ4v) is 2.46. The van der Waals surface area contributed by atoms with Crippen LogP contribution in [0.25, 0.3) is 0 Å². The molecule has 0 saturated carbocycles. The average Bonchev–Trinajstić information content (AvgIpc) is 2.77. The standard InChI is InChI=1S/C12H18N6S/c1-5-6-13-10-8(2)11(17-9(3)16-10)19-12-14-7-15-18(12)4/h7H,5-6H2,1-4H3,(H,13,16,17).